The lowest BCUT2D eigenvalue weighted by Gasteiger charge is -2.22. The van der Waals surface area contributed by atoms with Crippen molar-refractivity contribution in [3.63, 3.8) is 0 Å². The maximum atomic E-state index is 12.6. The fourth-order valence-electron chi connectivity index (χ4n) is 2.71. The van der Waals surface area contributed by atoms with Gasteiger partial charge in [-0.3, -0.25) is 4.79 Å². The van der Waals surface area contributed by atoms with Gasteiger partial charge in [-0.05, 0) is 35.7 Å². The maximum Gasteiger partial charge on any atom is 0.319 e. The van der Waals surface area contributed by atoms with Gasteiger partial charge in [-0.25, -0.2) is 4.79 Å². The van der Waals surface area contributed by atoms with Crippen LogP contribution in [0.4, 0.5) is 10.5 Å². The monoisotopic (exact) mass is 369 g/mol. The van der Waals surface area contributed by atoms with Crippen LogP contribution in [0.15, 0.2) is 48.5 Å². The van der Waals surface area contributed by atoms with Crippen LogP contribution in [-0.2, 0) is 11.3 Å². The maximum absolute atomic E-state index is 12.6. The van der Waals surface area contributed by atoms with Crippen molar-refractivity contribution in [1.29, 1.82) is 0 Å². The van der Waals surface area contributed by atoms with E-state index in [0.29, 0.717) is 23.7 Å². The highest BCUT2D eigenvalue weighted by Crippen LogP contribution is 2.32. The first-order chi connectivity index (χ1) is 13.0. The number of urea groups is 1. The van der Waals surface area contributed by atoms with Crippen LogP contribution in [0.3, 0.4) is 0 Å². The van der Waals surface area contributed by atoms with E-state index >= 15 is 0 Å². The van der Waals surface area contributed by atoms with E-state index in [1.165, 1.54) is 0 Å². The zero-order valence-corrected chi connectivity index (χ0v) is 15.3. The highest BCUT2D eigenvalue weighted by molar-refractivity contribution is 5.93. The van der Waals surface area contributed by atoms with Gasteiger partial charge >= 0.3 is 6.03 Å². The number of amides is 3. The molecular weight excluding hydrogens is 346 g/mol. The average Bonchev–Trinajstić information content (AvgIpc) is 3.12. The van der Waals surface area contributed by atoms with Gasteiger partial charge in [-0.15, -0.1) is 0 Å². The Bertz CT molecular complexity index is 808. The summed E-state index contributed by atoms with van der Waals surface area (Å²) >= 11 is 0. The van der Waals surface area contributed by atoms with E-state index in [9.17, 15) is 9.59 Å². The zero-order valence-electron chi connectivity index (χ0n) is 15.3. The SMILES string of the molecule is CC(C)[C@H](NC(=O)Nc1ccccc1)C(=O)NCc1ccc2c(c1)OCO2. The highest BCUT2D eigenvalue weighted by Gasteiger charge is 2.24. The van der Waals surface area contributed by atoms with Gasteiger partial charge in [0.2, 0.25) is 12.7 Å². The summed E-state index contributed by atoms with van der Waals surface area (Å²) in [6.07, 6.45) is 0. The molecule has 2 aromatic carbocycles. The molecular formula is C20H23N3O4. The summed E-state index contributed by atoms with van der Waals surface area (Å²) in [5, 5.41) is 8.32. The molecule has 0 unspecified atom stereocenters. The summed E-state index contributed by atoms with van der Waals surface area (Å²) in [6.45, 7) is 4.31. The molecule has 0 spiro atoms. The zero-order chi connectivity index (χ0) is 19.2. The molecule has 0 radical (unpaired) electrons. The van der Waals surface area contributed by atoms with E-state index in [1.807, 2.05) is 50.2 Å². The normalized spacial score (nSPS) is 13.1. The van der Waals surface area contributed by atoms with Crippen molar-refractivity contribution >= 4 is 17.6 Å². The summed E-state index contributed by atoms with van der Waals surface area (Å²) in [5.74, 6) is 1.06. The van der Waals surface area contributed by atoms with Crippen molar-refractivity contribution in [1.82, 2.24) is 10.6 Å². The van der Waals surface area contributed by atoms with Crippen molar-refractivity contribution in [2.24, 2.45) is 5.92 Å². The lowest BCUT2D eigenvalue weighted by Crippen LogP contribution is -2.50. The van der Waals surface area contributed by atoms with Crippen molar-refractivity contribution in [2.75, 3.05) is 12.1 Å². The van der Waals surface area contributed by atoms with Gasteiger partial charge < -0.3 is 25.4 Å². The third-order valence-corrected chi connectivity index (χ3v) is 4.17. The quantitative estimate of drug-likeness (QED) is 0.730. The number of para-hydroxylation sites is 1. The molecule has 3 amide bonds. The minimum Gasteiger partial charge on any atom is -0.454 e. The first-order valence-corrected chi connectivity index (χ1v) is 8.82. The second kappa shape index (κ2) is 8.44. The van der Waals surface area contributed by atoms with Gasteiger partial charge in [-0.1, -0.05) is 38.1 Å². The molecule has 7 heteroatoms. The summed E-state index contributed by atoms with van der Waals surface area (Å²) in [6, 6.07) is 13.5. The smallest absolute Gasteiger partial charge is 0.319 e. The van der Waals surface area contributed by atoms with E-state index < -0.39 is 12.1 Å². The van der Waals surface area contributed by atoms with Crippen LogP contribution in [-0.4, -0.2) is 24.8 Å². The predicted octanol–water partition coefficient (Wildman–Crippen LogP) is 2.88. The molecule has 0 aliphatic carbocycles. The van der Waals surface area contributed by atoms with Gasteiger partial charge in [-0.2, -0.15) is 0 Å². The van der Waals surface area contributed by atoms with E-state index in [2.05, 4.69) is 16.0 Å². The van der Waals surface area contributed by atoms with E-state index in [-0.39, 0.29) is 18.6 Å². The molecule has 0 saturated carbocycles. The van der Waals surface area contributed by atoms with Crippen LogP contribution < -0.4 is 25.4 Å². The number of anilines is 1. The van der Waals surface area contributed by atoms with Gasteiger partial charge in [0, 0.05) is 12.2 Å². The van der Waals surface area contributed by atoms with E-state index in [1.54, 1.807) is 12.1 Å². The number of nitrogens with one attached hydrogen (secondary N) is 3. The Morgan fingerprint density at radius 1 is 1.04 bits per heavy atom. The topological polar surface area (TPSA) is 88.7 Å². The molecule has 1 heterocycles. The fraction of sp³-hybridized carbons (Fsp3) is 0.300. The molecule has 0 saturated heterocycles. The number of hydrogen-bond acceptors (Lipinski definition) is 4. The molecule has 0 fully saturated rings. The number of fused-ring (bicyclic) bond motifs is 1. The van der Waals surface area contributed by atoms with E-state index in [4.69, 9.17) is 9.47 Å². The molecule has 0 aromatic heterocycles. The van der Waals surface area contributed by atoms with Crippen molar-refractivity contribution in [2.45, 2.75) is 26.4 Å². The third-order valence-electron chi connectivity index (χ3n) is 4.17. The molecule has 3 rings (SSSR count). The summed E-state index contributed by atoms with van der Waals surface area (Å²) < 4.78 is 10.6. The average molecular weight is 369 g/mol. The Kier molecular flexibility index (Phi) is 5.80. The van der Waals surface area contributed by atoms with Crippen molar-refractivity contribution < 1.29 is 19.1 Å². The second-order valence-corrected chi connectivity index (χ2v) is 6.59. The molecule has 7 nitrogen and oxygen atoms in total. The summed E-state index contributed by atoms with van der Waals surface area (Å²) in [5.41, 5.74) is 1.56. The standard InChI is InChI=1S/C20H23N3O4/c1-13(2)18(23-20(25)22-15-6-4-3-5-7-15)19(24)21-11-14-8-9-16-17(10-14)27-12-26-16/h3-10,13,18H,11-12H2,1-2H3,(H,21,24)(H2,22,23,25)/t18-/m0/s1. The molecule has 2 aromatic rings. The minimum absolute atomic E-state index is 0.0664. The first kappa shape index (κ1) is 18.6. The number of benzene rings is 2. The Balaban J connectivity index is 1.55. The van der Waals surface area contributed by atoms with Crippen LogP contribution in [0.2, 0.25) is 0 Å². The fourth-order valence-corrected chi connectivity index (χ4v) is 2.71. The van der Waals surface area contributed by atoms with Gasteiger partial charge in [0.1, 0.15) is 6.04 Å². The van der Waals surface area contributed by atoms with Crippen LogP contribution in [0, 0.1) is 5.92 Å². The Labute approximate surface area is 158 Å². The predicted molar refractivity (Wildman–Crippen MR) is 102 cm³/mol. The molecule has 0 bridgehead atoms. The number of carbonyl (C=O) groups is 2. The molecule has 1 atom stereocenters. The number of rotatable bonds is 6. The van der Waals surface area contributed by atoms with Crippen molar-refractivity contribution in [3.05, 3.63) is 54.1 Å². The number of ether oxygens (including phenoxy) is 2. The number of carbonyl (C=O) groups excluding carboxylic acids is 2. The van der Waals surface area contributed by atoms with Crippen LogP contribution in [0.5, 0.6) is 11.5 Å². The van der Waals surface area contributed by atoms with Crippen LogP contribution >= 0.6 is 0 Å². The Morgan fingerprint density at radius 2 is 1.78 bits per heavy atom. The lowest BCUT2D eigenvalue weighted by molar-refractivity contribution is -0.124. The molecule has 142 valence electrons. The van der Waals surface area contributed by atoms with Gasteiger partial charge in [0.05, 0.1) is 0 Å². The molecule has 1 aliphatic rings. The summed E-state index contributed by atoms with van der Waals surface area (Å²) in [7, 11) is 0. The van der Waals surface area contributed by atoms with Crippen LogP contribution in [0.1, 0.15) is 19.4 Å². The lowest BCUT2D eigenvalue weighted by atomic mass is 10.0. The van der Waals surface area contributed by atoms with Gasteiger partial charge in [0.15, 0.2) is 11.5 Å². The summed E-state index contributed by atoms with van der Waals surface area (Å²) in [4.78, 5) is 24.8. The molecule has 3 N–H and O–H groups in total. The van der Waals surface area contributed by atoms with Crippen LogP contribution in [0.25, 0.3) is 0 Å². The Morgan fingerprint density at radius 3 is 2.52 bits per heavy atom. The highest BCUT2D eigenvalue weighted by atomic mass is 16.7. The number of hydrogen-bond donors (Lipinski definition) is 3. The second-order valence-electron chi connectivity index (χ2n) is 6.59. The van der Waals surface area contributed by atoms with Crippen molar-refractivity contribution in [3.8, 4) is 11.5 Å². The third kappa shape index (κ3) is 4.91. The Hall–Kier alpha value is -3.22. The van der Waals surface area contributed by atoms with E-state index in [0.717, 1.165) is 5.56 Å². The largest absolute Gasteiger partial charge is 0.454 e. The minimum atomic E-state index is -0.650. The first-order valence-electron chi connectivity index (χ1n) is 8.82. The molecule has 1 aliphatic heterocycles. The van der Waals surface area contributed by atoms with Gasteiger partial charge in [0.25, 0.3) is 0 Å². The molecule has 27 heavy (non-hydrogen) atoms.